The largest absolute Gasteiger partial charge is 0.491 e. The molecule has 25 heavy (non-hydrogen) atoms. The Morgan fingerprint density at radius 2 is 1.84 bits per heavy atom. The highest BCUT2D eigenvalue weighted by Crippen LogP contribution is 2.43. The molecule has 1 heterocycles. The maximum atomic E-state index is 6.16. The SMILES string of the molecule is CCc1ccc2c(c1)COc1c-2ccc2cc(OC(C)CC)ccc12. The number of ether oxygens (including phenoxy) is 2. The molecule has 1 atom stereocenters. The van der Waals surface area contributed by atoms with Crippen molar-refractivity contribution < 1.29 is 9.47 Å². The quantitative estimate of drug-likeness (QED) is 0.571. The number of benzene rings is 3. The number of hydrogen-bond donors (Lipinski definition) is 0. The van der Waals surface area contributed by atoms with Gasteiger partial charge in [0.2, 0.25) is 0 Å². The summed E-state index contributed by atoms with van der Waals surface area (Å²) in [6.45, 7) is 7.06. The minimum atomic E-state index is 0.228. The highest BCUT2D eigenvalue weighted by atomic mass is 16.5. The summed E-state index contributed by atoms with van der Waals surface area (Å²) in [5.41, 5.74) is 5.12. The number of rotatable bonds is 4. The van der Waals surface area contributed by atoms with E-state index >= 15 is 0 Å². The molecule has 3 aromatic carbocycles. The van der Waals surface area contributed by atoms with Gasteiger partial charge in [-0.15, -0.1) is 0 Å². The lowest BCUT2D eigenvalue weighted by molar-refractivity contribution is 0.217. The lowest BCUT2D eigenvalue weighted by atomic mass is 9.92. The molecular weight excluding hydrogens is 308 g/mol. The fourth-order valence-electron chi connectivity index (χ4n) is 3.43. The van der Waals surface area contributed by atoms with Gasteiger partial charge in [0.1, 0.15) is 18.1 Å². The van der Waals surface area contributed by atoms with Gasteiger partial charge < -0.3 is 9.47 Å². The van der Waals surface area contributed by atoms with Crippen molar-refractivity contribution in [3.63, 3.8) is 0 Å². The second-order valence-corrected chi connectivity index (χ2v) is 6.80. The van der Waals surface area contributed by atoms with Gasteiger partial charge in [0, 0.05) is 10.9 Å². The van der Waals surface area contributed by atoms with Gasteiger partial charge in [0.25, 0.3) is 0 Å². The normalized spacial score (nSPS) is 13.7. The fraction of sp³-hybridized carbons (Fsp3) is 0.304. The summed E-state index contributed by atoms with van der Waals surface area (Å²) < 4.78 is 12.1. The predicted molar refractivity (Wildman–Crippen MR) is 103 cm³/mol. The number of fused-ring (bicyclic) bond motifs is 5. The van der Waals surface area contributed by atoms with E-state index in [4.69, 9.17) is 9.47 Å². The first-order chi connectivity index (χ1) is 12.2. The van der Waals surface area contributed by atoms with Crippen LogP contribution in [0.15, 0.2) is 48.5 Å². The van der Waals surface area contributed by atoms with Crippen LogP contribution in [-0.4, -0.2) is 6.10 Å². The topological polar surface area (TPSA) is 18.5 Å². The van der Waals surface area contributed by atoms with Crippen LogP contribution >= 0.6 is 0 Å². The summed E-state index contributed by atoms with van der Waals surface area (Å²) in [6.07, 6.45) is 2.28. The molecule has 1 aliphatic heterocycles. The van der Waals surface area contributed by atoms with Gasteiger partial charge in [0.05, 0.1) is 6.10 Å². The van der Waals surface area contributed by atoms with Crippen LogP contribution in [0, 0.1) is 0 Å². The lowest BCUT2D eigenvalue weighted by Crippen LogP contribution is -2.09. The standard InChI is InChI=1S/C23H24O2/c1-4-15(3)25-19-8-11-21-17(13-19)7-10-22-20-9-6-16(5-2)12-18(20)14-24-23(21)22/h6-13,15H,4-5,14H2,1-3H3. The van der Waals surface area contributed by atoms with Crippen LogP contribution < -0.4 is 9.47 Å². The van der Waals surface area contributed by atoms with Crippen LogP contribution in [0.25, 0.3) is 21.9 Å². The lowest BCUT2D eigenvalue weighted by Gasteiger charge is -2.23. The first kappa shape index (κ1) is 16.0. The summed E-state index contributed by atoms with van der Waals surface area (Å²) in [7, 11) is 0. The predicted octanol–water partition coefficient (Wildman–Crippen LogP) is 6.14. The molecule has 2 heteroatoms. The smallest absolute Gasteiger partial charge is 0.135 e. The molecule has 1 unspecified atom stereocenters. The molecule has 128 valence electrons. The van der Waals surface area contributed by atoms with Crippen molar-refractivity contribution in [1.29, 1.82) is 0 Å². The molecule has 0 saturated heterocycles. The zero-order valence-corrected chi connectivity index (χ0v) is 15.1. The molecule has 0 aromatic heterocycles. The van der Waals surface area contributed by atoms with Crippen molar-refractivity contribution in [3.05, 3.63) is 59.7 Å². The van der Waals surface area contributed by atoms with Crippen molar-refractivity contribution >= 4 is 10.8 Å². The first-order valence-corrected chi connectivity index (χ1v) is 9.18. The summed E-state index contributed by atoms with van der Waals surface area (Å²) in [5, 5.41) is 2.31. The van der Waals surface area contributed by atoms with E-state index in [1.807, 2.05) is 6.07 Å². The highest BCUT2D eigenvalue weighted by molar-refractivity contribution is 5.96. The van der Waals surface area contributed by atoms with Crippen molar-refractivity contribution in [3.8, 4) is 22.6 Å². The van der Waals surface area contributed by atoms with E-state index in [9.17, 15) is 0 Å². The van der Waals surface area contributed by atoms with E-state index in [1.54, 1.807) is 0 Å². The molecule has 0 amide bonds. The average molecular weight is 332 g/mol. The van der Waals surface area contributed by atoms with Crippen molar-refractivity contribution in [1.82, 2.24) is 0 Å². The Bertz CT molecular complexity index is 927. The molecule has 0 radical (unpaired) electrons. The van der Waals surface area contributed by atoms with Crippen LogP contribution in [0.5, 0.6) is 11.5 Å². The molecule has 0 aliphatic carbocycles. The zero-order chi connectivity index (χ0) is 17.4. The average Bonchev–Trinajstić information content (AvgIpc) is 2.66. The van der Waals surface area contributed by atoms with Crippen molar-refractivity contribution in [2.45, 2.75) is 46.3 Å². The van der Waals surface area contributed by atoms with Gasteiger partial charge in [0.15, 0.2) is 0 Å². The molecular formula is C23H24O2. The summed E-state index contributed by atoms with van der Waals surface area (Å²) >= 11 is 0. The van der Waals surface area contributed by atoms with Gasteiger partial charge in [-0.2, -0.15) is 0 Å². The molecule has 1 aliphatic rings. The molecule has 4 rings (SSSR count). The fourth-order valence-corrected chi connectivity index (χ4v) is 3.43. The summed E-state index contributed by atoms with van der Waals surface area (Å²) in [4.78, 5) is 0. The van der Waals surface area contributed by atoms with Crippen LogP contribution in [0.3, 0.4) is 0 Å². The molecule has 0 saturated carbocycles. The first-order valence-electron chi connectivity index (χ1n) is 9.18. The summed E-state index contributed by atoms with van der Waals surface area (Å²) in [5.74, 6) is 1.91. The second kappa shape index (κ2) is 6.44. The highest BCUT2D eigenvalue weighted by Gasteiger charge is 2.20. The third kappa shape index (κ3) is 2.86. The Hall–Kier alpha value is -2.48. The van der Waals surface area contributed by atoms with E-state index in [-0.39, 0.29) is 6.10 Å². The van der Waals surface area contributed by atoms with Crippen molar-refractivity contribution in [2.24, 2.45) is 0 Å². The van der Waals surface area contributed by atoms with Crippen LogP contribution in [0.1, 0.15) is 38.3 Å². The van der Waals surface area contributed by atoms with E-state index < -0.39 is 0 Å². The van der Waals surface area contributed by atoms with Gasteiger partial charge in [-0.25, -0.2) is 0 Å². The van der Waals surface area contributed by atoms with E-state index in [0.717, 1.165) is 35.1 Å². The minimum Gasteiger partial charge on any atom is -0.491 e. The van der Waals surface area contributed by atoms with E-state index in [0.29, 0.717) is 6.61 Å². The van der Waals surface area contributed by atoms with E-state index in [2.05, 4.69) is 63.2 Å². The van der Waals surface area contributed by atoms with Gasteiger partial charge in [-0.3, -0.25) is 0 Å². The minimum absolute atomic E-state index is 0.228. The third-order valence-corrected chi connectivity index (χ3v) is 5.09. The van der Waals surface area contributed by atoms with E-state index in [1.165, 1.54) is 22.3 Å². The molecule has 0 spiro atoms. The number of aryl methyl sites for hydroxylation is 1. The van der Waals surface area contributed by atoms with Crippen molar-refractivity contribution in [2.75, 3.05) is 0 Å². The Labute approximate surface area is 149 Å². The van der Waals surface area contributed by atoms with Crippen LogP contribution in [0.2, 0.25) is 0 Å². The second-order valence-electron chi connectivity index (χ2n) is 6.80. The Kier molecular flexibility index (Phi) is 4.12. The number of hydrogen-bond acceptors (Lipinski definition) is 2. The summed E-state index contributed by atoms with van der Waals surface area (Å²) in [6, 6.07) is 17.4. The molecule has 0 fully saturated rings. The molecule has 0 bridgehead atoms. The maximum Gasteiger partial charge on any atom is 0.135 e. The van der Waals surface area contributed by atoms with Gasteiger partial charge >= 0.3 is 0 Å². The van der Waals surface area contributed by atoms with Crippen LogP contribution in [0.4, 0.5) is 0 Å². The molecule has 3 aromatic rings. The monoisotopic (exact) mass is 332 g/mol. The Morgan fingerprint density at radius 3 is 2.64 bits per heavy atom. The Balaban J connectivity index is 1.78. The van der Waals surface area contributed by atoms with Crippen LogP contribution in [-0.2, 0) is 13.0 Å². The van der Waals surface area contributed by atoms with Gasteiger partial charge in [-0.1, -0.05) is 38.1 Å². The molecule has 2 nitrogen and oxygen atoms in total. The zero-order valence-electron chi connectivity index (χ0n) is 15.1. The maximum absolute atomic E-state index is 6.16. The molecule has 0 N–H and O–H groups in total. The van der Waals surface area contributed by atoms with Gasteiger partial charge in [-0.05, 0) is 66.1 Å². The Morgan fingerprint density at radius 1 is 1.00 bits per heavy atom. The third-order valence-electron chi connectivity index (χ3n) is 5.09.